The number of nitrogens with zero attached hydrogens (tertiary/aromatic N) is 2. The standard InChI is InChI=1S/C19H19FN2O3/c1-25-19(24)16-4-2-3-5-17(16)21-10-12-22(13-11-21)18(23)14-6-8-15(20)9-7-14/h2-9H,10-13H2,1H3. The van der Waals surface area contributed by atoms with Gasteiger partial charge in [0.25, 0.3) is 5.91 Å². The summed E-state index contributed by atoms with van der Waals surface area (Å²) < 4.78 is 17.8. The number of piperazine rings is 1. The highest BCUT2D eigenvalue weighted by Gasteiger charge is 2.24. The fourth-order valence-corrected chi connectivity index (χ4v) is 2.96. The number of carbonyl (C=O) groups excluding carboxylic acids is 2. The molecule has 0 bridgehead atoms. The maximum atomic E-state index is 13.0. The van der Waals surface area contributed by atoms with E-state index < -0.39 is 0 Å². The smallest absolute Gasteiger partial charge is 0.339 e. The van der Waals surface area contributed by atoms with Gasteiger partial charge in [0.05, 0.1) is 18.4 Å². The third kappa shape index (κ3) is 3.63. The van der Waals surface area contributed by atoms with Gasteiger partial charge in [-0.2, -0.15) is 0 Å². The summed E-state index contributed by atoms with van der Waals surface area (Å²) in [6, 6.07) is 12.8. The van der Waals surface area contributed by atoms with Gasteiger partial charge in [0.2, 0.25) is 0 Å². The van der Waals surface area contributed by atoms with Crippen molar-refractivity contribution in [1.82, 2.24) is 4.90 Å². The lowest BCUT2D eigenvalue weighted by atomic mass is 10.1. The van der Waals surface area contributed by atoms with Crippen molar-refractivity contribution < 1.29 is 18.7 Å². The van der Waals surface area contributed by atoms with E-state index in [0.717, 1.165) is 5.69 Å². The third-order valence-electron chi connectivity index (χ3n) is 4.31. The minimum atomic E-state index is -0.375. The molecule has 1 aliphatic heterocycles. The quantitative estimate of drug-likeness (QED) is 0.805. The molecule has 1 amide bonds. The number of hydrogen-bond donors (Lipinski definition) is 0. The number of amides is 1. The van der Waals surface area contributed by atoms with Crippen molar-refractivity contribution in [3.63, 3.8) is 0 Å². The van der Waals surface area contributed by atoms with Crippen molar-refractivity contribution in [2.45, 2.75) is 0 Å². The second kappa shape index (κ2) is 7.34. The summed E-state index contributed by atoms with van der Waals surface area (Å²) in [6.45, 7) is 2.29. The molecule has 0 atom stereocenters. The van der Waals surface area contributed by atoms with Crippen LogP contribution >= 0.6 is 0 Å². The Balaban J connectivity index is 1.69. The molecule has 1 heterocycles. The van der Waals surface area contributed by atoms with Crippen LogP contribution in [0.4, 0.5) is 10.1 Å². The molecule has 0 aliphatic carbocycles. The number of para-hydroxylation sites is 1. The Labute approximate surface area is 145 Å². The molecule has 0 N–H and O–H groups in total. The van der Waals surface area contributed by atoms with Gasteiger partial charge in [-0.15, -0.1) is 0 Å². The van der Waals surface area contributed by atoms with E-state index >= 15 is 0 Å². The predicted molar refractivity (Wildman–Crippen MR) is 92.3 cm³/mol. The van der Waals surface area contributed by atoms with Crippen molar-refractivity contribution in [3.8, 4) is 0 Å². The van der Waals surface area contributed by atoms with E-state index in [1.54, 1.807) is 17.0 Å². The highest BCUT2D eigenvalue weighted by Crippen LogP contribution is 2.23. The van der Waals surface area contributed by atoms with Crippen LogP contribution in [0, 0.1) is 5.82 Å². The minimum Gasteiger partial charge on any atom is -0.465 e. The zero-order chi connectivity index (χ0) is 17.8. The number of benzene rings is 2. The molecular formula is C19H19FN2O3. The van der Waals surface area contributed by atoms with Crippen LogP contribution in [0.25, 0.3) is 0 Å². The number of hydrogen-bond acceptors (Lipinski definition) is 4. The maximum absolute atomic E-state index is 13.0. The molecule has 1 fully saturated rings. The van der Waals surface area contributed by atoms with E-state index in [0.29, 0.717) is 37.3 Å². The van der Waals surface area contributed by atoms with Gasteiger partial charge in [0.1, 0.15) is 5.82 Å². The van der Waals surface area contributed by atoms with E-state index in [1.807, 2.05) is 12.1 Å². The van der Waals surface area contributed by atoms with Crippen LogP contribution in [0.15, 0.2) is 48.5 Å². The average molecular weight is 342 g/mol. The summed E-state index contributed by atoms with van der Waals surface area (Å²) in [5, 5.41) is 0. The van der Waals surface area contributed by atoms with Crippen LogP contribution < -0.4 is 4.90 Å². The van der Waals surface area contributed by atoms with Crippen molar-refractivity contribution in [2.24, 2.45) is 0 Å². The molecule has 1 saturated heterocycles. The summed E-state index contributed by atoms with van der Waals surface area (Å²) in [7, 11) is 1.36. The van der Waals surface area contributed by atoms with Gasteiger partial charge in [0.15, 0.2) is 0 Å². The minimum absolute atomic E-state index is 0.110. The van der Waals surface area contributed by atoms with Gasteiger partial charge in [-0.1, -0.05) is 12.1 Å². The molecule has 2 aromatic rings. The topological polar surface area (TPSA) is 49.9 Å². The maximum Gasteiger partial charge on any atom is 0.339 e. The Morgan fingerprint density at radius 2 is 1.60 bits per heavy atom. The molecule has 0 aromatic heterocycles. The fraction of sp³-hybridized carbons (Fsp3) is 0.263. The highest BCUT2D eigenvalue weighted by molar-refractivity contribution is 5.96. The zero-order valence-electron chi connectivity index (χ0n) is 13.9. The van der Waals surface area contributed by atoms with Crippen LogP contribution in [0.2, 0.25) is 0 Å². The molecular weight excluding hydrogens is 323 g/mol. The lowest BCUT2D eigenvalue weighted by Crippen LogP contribution is -2.49. The first-order chi connectivity index (χ1) is 12.1. The summed E-state index contributed by atoms with van der Waals surface area (Å²) >= 11 is 0. The Bertz CT molecular complexity index is 768. The number of rotatable bonds is 3. The summed E-state index contributed by atoms with van der Waals surface area (Å²) in [5.41, 5.74) is 1.80. The molecule has 130 valence electrons. The van der Waals surface area contributed by atoms with Gasteiger partial charge in [-0.05, 0) is 36.4 Å². The Morgan fingerprint density at radius 3 is 2.24 bits per heavy atom. The summed E-state index contributed by atoms with van der Waals surface area (Å²) in [5.74, 6) is -0.845. The normalized spacial score (nSPS) is 14.3. The first-order valence-corrected chi connectivity index (χ1v) is 8.07. The molecule has 25 heavy (non-hydrogen) atoms. The first kappa shape index (κ1) is 17.0. The lowest BCUT2D eigenvalue weighted by Gasteiger charge is -2.36. The fourth-order valence-electron chi connectivity index (χ4n) is 2.96. The van der Waals surface area contributed by atoms with E-state index in [4.69, 9.17) is 4.74 Å². The van der Waals surface area contributed by atoms with Crippen LogP contribution in [-0.2, 0) is 4.74 Å². The summed E-state index contributed by atoms with van der Waals surface area (Å²) in [4.78, 5) is 28.2. The monoisotopic (exact) mass is 342 g/mol. The van der Waals surface area contributed by atoms with Crippen LogP contribution in [0.3, 0.4) is 0 Å². The van der Waals surface area contributed by atoms with Crippen LogP contribution in [0.5, 0.6) is 0 Å². The molecule has 0 radical (unpaired) electrons. The highest BCUT2D eigenvalue weighted by atomic mass is 19.1. The van der Waals surface area contributed by atoms with Crippen LogP contribution in [-0.4, -0.2) is 50.1 Å². The van der Waals surface area contributed by atoms with E-state index in [1.165, 1.54) is 31.4 Å². The number of esters is 1. The molecule has 0 saturated carbocycles. The SMILES string of the molecule is COC(=O)c1ccccc1N1CCN(C(=O)c2ccc(F)cc2)CC1. The summed E-state index contributed by atoms with van der Waals surface area (Å²) in [6.07, 6.45) is 0. The zero-order valence-corrected chi connectivity index (χ0v) is 13.9. The van der Waals surface area contributed by atoms with Gasteiger partial charge in [-0.25, -0.2) is 9.18 Å². The van der Waals surface area contributed by atoms with Crippen molar-refractivity contribution in [1.29, 1.82) is 0 Å². The molecule has 0 spiro atoms. The predicted octanol–water partition coefficient (Wildman–Crippen LogP) is 2.57. The number of methoxy groups -OCH3 is 1. The average Bonchev–Trinajstić information content (AvgIpc) is 2.67. The van der Waals surface area contributed by atoms with E-state index in [2.05, 4.69) is 4.90 Å². The Hall–Kier alpha value is -2.89. The number of carbonyl (C=O) groups is 2. The third-order valence-corrected chi connectivity index (χ3v) is 4.31. The first-order valence-electron chi connectivity index (χ1n) is 8.07. The van der Waals surface area contributed by atoms with Gasteiger partial charge < -0.3 is 14.5 Å². The van der Waals surface area contributed by atoms with Crippen molar-refractivity contribution >= 4 is 17.6 Å². The molecule has 1 aliphatic rings. The van der Waals surface area contributed by atoms with E-state index in [9.17, 15) is 14.0 Å². The van der Waals surface area contributed by atoms with Gasteiger partial charge in [0, 0.05) is 31.7 Å². The Kier molecular flexibility index (Phi) is 4.97. The van der Waals surface area contributed by atoms with Crippen molar-refractivity contribution in [2.75, 3.05) is 38.2 Å². The van der Waals surface area contributed by atoms with E-state index in [-0.39, 0.29) is 17.7 Å². The van der Waals surface area contributed by atoms with Gasteiger partial charge >= 0.3 is 5.97 Å². The van der Waals surface area contributed by atoms with Crippen molar-refractivity contribution in [3.05, 3.63) is 65.5 Å². The largest absolute Gasteiger partial charge is 0.465 e. The molecule has 0 unspecified atom stereocenters. The Morgan fingerprint density at radius 1 is 0.960 bits per heavy atom. The molecule has 2 aromatic carbocycles. The second-order valence-corrected chi connectivity index (χ2v) is 5.79. The number of ether oxygens (including phenoxy) is 1. The lowest BCUT2D eigenvalue weighted by molar-refractivity contribution is 0.0600. The second-order valence-electron chi connectivity index (χ2n) is 5.79. The number of anilines is 1. The molecule has 3 rings (SSSR count). The molecule has 6 heteroatoms. The van der Waals surface area contributed by atoms with Gasteiger partial charge in [-0.3, -0.25) is 4.79 Å². The molecule has 5 nitrogen and oxygen atoms in total. The van der Waals surface area contributed by atoms with Crippen LogP contribution in [0.1, 0.15) is 20.7 Å². The number of halogens is 1.